The first-order valence-electron chi connectivity index (χ1n) is 8.39. The maximum absolute atomic E-state index is 12.4. The molecule has 0 radical (unpaired) electrons. The zero-order chi connectivity index (χ0) is 14.5. The van der Waals surface area contributed by atoms with Crippen LogP contribution in [0.15, 0.2) is 30.3 Å². The van der Waals surface area contributed by atoms with Crippen LogP contribution in [0, 0.1) is 0 Å². The summed E-state index contributed by atoms with van der Waals surface area (Å²) in [6, 6.07) is 11.2. The molecule has 3 heteroatoms. The molecule has 21 heavy (non-hydrogen) atoms. The van der Waals surface area contributed by atoms with Gasteiger partial charge in [0.15, 0.2) is 0 Å². The molecule has 0 saturated carbocycles. The number of benzene rings is 1. The van der Waals surface area contributed by atoms with E-state index in [1.54, 1.807) is 0 Å². The van der Waals surface area contributed by atoms with Crippen LogP contribution in [0.5, 0.6) is 0 Å². The molecular formula is C18H26N2O. The average Bonchev–Trinajstić information content (AvgIpc) is 2.96. The lowest BCUT2D eigenvalue weighted by molar-refractivity contribution is -0.133. The summed E-state index contributed by atoms with van der Waals surface area (Å²) in [5, 5.41) is 0. The van der Waals surface area contributed by atoms with Gasteiger partial charge in [-0.05, 0) is 50.6 Å². The van der Waals surface area contributed by atoms with E-state index in [-0.39, 0.29) is 0 Å². The first-order chi connectivity index (χ1) is 10.3. The van der Waals surface area contributed by atoms with Gasteiger partial charge in [0.1, 0.15) is 0 Å². The quantitative estimate of drug-likeness (QED) is 0.849. The van der Waals surface area contributed by atoms with Crippen LogP contribution in [0.25, 0.3) is 0 Å². The molecule has 2 fully saturated rings. The Hall–Kier alpha value is -1.35. The van der Waals surface area contributed by atoms with Gasteiger partial charge in [-0.15, -0.1) is 0 Å². The first kappa shape index (κ1) is 14.6. The summed E-state index contributed by atoms with van der Waals surface area (Å²) in [5.74, 6) is 0.342. The smallest absolute Gasteiger partial charge is 0.236 e. The van der Waals surface area contributed by atoms with Gasteiger partial charge < -0.3 is 4.90 Å². The van der Waals surface area contributed by atoms with Crippen molar-refractivity contribution in [1.29, 1.82) is 0 Å². The zero-order valence-corrected chi connectivity index (χ0v) is 12.8. The second-order valence-electron chi connectivity index (χ2n) is 6.40. The van der Waals surface area contributed by atoms with Gasteiger partial charge in [0.25, 0.3) is 0 Å². The SMILES string of the molecule is O=C(CN1CCC[C@@H]1Cc1ccccc1)N1CCCCC1. The van der Waals surface area contributed by atoms with Crippen molar-refractivity contribution in [3.05, 3.63) is 35.9 Å². The highest BCUT2D eigenvalue weighted by Crippen LogP contribution is 2.21. The van der Waals surface area contributed by atoms with Crippen LogP contribution in [0.1, 0.15) is 37.7 Å². The van der Waals surface area contributed by atoms with Gasteiger partial charge in [0, 0.05) is 19.1 Å². The second kappa shape index (κ2) is 7.08. The minimum absolute atomic E-state index is 0.342. The van der Waals surface area contributed by atoms with E-state index < -0.39 is 0 Å². The van der Waals surface area contributed by atoms with Gasteiger partial charge in [-0.25, -0.2) is 0 Å². The molecule has 3 nitrogen and oxygen atoms in total. The lowest BCUT2D eigenvalue weighted by Gasteiger charge is -2.30. The van der Waals surface area contributed by atoms with Crippen LogP contribution in [0.3, 0.4) is 0 Å². The highest BCUT2D eigenvalue weighted by atomic mass is 16.2. The molecule has 1 aromatic carbocycles. The molecule has 2 aliphatic rings. The fourth-order valence-corrected chi connectivity index (χ4v) is 3.64. The van der Waals surface area contributed by atoms with Crippen LogP contribution in [0.4, 0.5) is 0 Å². The molecule has 2 saturated heterocycles. The molecule has 1 atom stereocenters. The van der Waals surface area contributed by atoms with Crippen molar-refractivity contribution >= 4 is 5.91 Å². The third-order valence-electron chi connectivity index (χ3n) is 4.86. The van der Waals surface area contributed by atoms with Crippen molar-refractivity contribution in [3.8, 4) is 0 Å². The molecule has 0 spiro atoms. The summed E-state index contributed by atoms with van der Waals surface area (Å²) in [7, 11) is 0. The van der Waals surface area contributed by atoms with Crippen LogP contribution < -0.4 is 0 Å². The van der Waals surface area contributed by atoms with E-state index in [1.165, 1.54) is 37.7 Å². The molecule has 1 aromatic rings. The van der Waals surface area contributed by atoms with Gasteiger partial charge in [-0.1, -0.05) is 30.3 Å². The number of carbonyl (C=O) groups is 1. The van der Waals surface area contributed by atoms with Crippen molar-refractivity contribution < 1.29 is 4.79 Å². The largest absolute Gasteiger partial charge is 0.342 e. The number of amides is 1. The summed E-state index contributed by atoms with van der Waals surface area (Å²) in [6.45, 7) is 3.64. The number of rotatable bonds is 4. The van der Waals surface area contributed by atoms with E-state index in [9.17, 15) is 4.79 Å². The minimum Gasteiger partial charge on any atom is -0.342 e. The van der Waals surface area contributed by atoms with Gasteiger partial charge >= 0.3 is 0 Å². The number of nitrogens with zero attached hydrogens (tertiary/aromatic N) is 2. The number of likely N-dealkylation sites (tertiary alicyclic amines) is 2. The maximum atomic E-state index is 12.4. The summed E-state index contributed by atoms with van der Waals surface area (Å²) in [5.41, 5.74) is 1.39. The zero-order valence-electron chi connectivity index (χ0n) is 12.8. The molecule has 0 aromatic heterocycles. The van der Waals surface area contributed by atoms with Gasteiger partial charge in [-0.3, -0.25) is 9.69 Å². The van der Waals surface area contributed by atoms with Gasteiger partial charge in [0.05, 0.1) is 6.54 Å². The predicted molar refractivity (Wildman–Crippen MR) is 85.2 cm³/mol. The highest BCUT2D eigenvalue weighted by Gasteiger charge is 2.28. The molecule has 3 rings (SSSR count). The summed E-state index contributed by atoms with van der Waals surface area (Å²) >= 11 is 0. The molecular weight excluding hydrogens is 260 g/mol. The number of hydrogen-bond acceptors (Lipinski definition) is 2. The topological polar surface area (TPSA) is 23.6 Å². The lowest BCUT2D eigenvalue weighted by Crippen LogP contribution is -2.44. The molecule has 0 unspecified atom stereocenters. The van der Waals surface area contributed by atoms with Crippen LogP contribution in [-0.2, 0) is 11.2 Å². The fraction of sp³-hybridized carbons (Fsp3) is 0.611. The van der Waals surface area contributed by atoms with E-state index in [2.05, 4.69) is 40.1 Å². The summed E-state index contributed by atoms with van der Waals surface area (Å²) < 4.78 is 0. The highest BCUT2D eigenvalue weighted by molar-refractivity contribution is 5.78. The molecule has 2 aliphatic heterocycles. The Labute approximate surface area is 127 Å². The van der Waals surface area contributed by atoms with Crippen molar-refractivity contribution in [2.45, 2.75) is 44.6 Å². The van der Waals surface area contributed by atoms with E-state index in [4.69, 9.17) is 0 Å². The van der Waals surface area contributed by atoms with Gasteiger partial charge in [0.2, 0.25) is 5.91 Å². The van der Waals surface area contributed by atoms with Gasteiger partial charge in [-0.2, -0.15) is 0 Å². The lowest BCUT2D eigenvalue weighted by atomic mass is 10.0. The third kappa shape index (κ3) is 3.85. The van der Waals surface area contributed by atoms with Crippen molar-refractivity contribution in [1.82, 2.24) is 9.80 Å². The second-order valence-corrected chi connectivity index (χ2v) is 6.40. The van der Waals surface area contributed by atoms with E-state index >= 15 is 0 Å². The Morgan fingerprint density at radius 2 is 1.76 bits per heavy atom. The van der Waals surface area contributed by atoms with E-state index in [0.29, 0.717) is 18.5 Å². The Morgan fingerprint density at radius 1 is 1.00 bits per heavy atom. The van der Waals surface area contributed by atoms with Crippen LogP contribution >= 0.6 is 0 Å². The molecule has 1 amide bonds. The standard InChI is InChI=1S/C18H26N2O/c21-18(19-11-5-2-6-12-19)15-20-13-7-10-17(20)14-16-8-3-1-4-9-16/h1,3-4,8-9,17H,2,5-7,10-15H2/t17-/m1/s1. The van der Waals surface area contributed by atoms with Crippen LogP contribution in [0.2, 0.25) is 0 Å². The summed E-state index contributed by atoms with van der Waals surface area (Å²) in [4.78, 5) is 16.9. The summed E-state index contributed by atoms with van der Waals surface area (Å²) in [6.07, 6.45) is 7.17. The Morgan fingerprint density at radius 3 is 2.52 bits per heavy atom. The number of piperidine rings is 1. The number of hydrogen-bond donors (Lipinski definition) is 0. The molecule has 0 N–H and O–H groups in total. The van der Waals surface area contributed by atoms with E-state index in [1.807, 2.05) is 0 Å². The number of carbonyl (C=O) groups excluding carboxylic acids is 1. The molecule has 0 aliphatic carbocycles. The van der Waals surface area contributed by atoms with Crippen LogP contribution in [-0.4, -0.2) is 47.9 Å². The average molecular weight is 286 g/mol. The monoisotopic (exact) mass is 286 g/mol. The Balaban J connectivity index is 1.55. The normalized spacial score (nSPS) is 23.4. The maximum Gasteiger partial charge on any atom is 0.236 e. The molecule has 2 heterocycles. The fourth-order valence-electron chi connectivity index (χ4n) is 3.64. The van der Waals surface area contributed by atoms with Crippen molar-refractivity contribution in [3.63, 3.8) is 0 Å². The minimum atomic E-state index is 0.342. The van der Waals surface area contributed by atoms with Crippen molar-refractivity contribution in [2.75, 3.05) is 26.2 Å². The van der Waals surface area contributed by atoms with Crippen molar-refractivity contribution in [2.24, 2.45) is 0 Å². The Bertz CT molecular complexity index is 454. The predicted octanol–water partition coefficient (Wildman–Crippen LogP) is 2.71. The third-order valence-corrected chi connectivity index (χ3v) is 4.86. The molecule has 0 bridgehead atoms. The Kier molecular flexibility index (Phi) is 4.91. The van der Waals surface area contributed by atoms with E-state index in [0.717, 1.165) is 26.1 Å². The molecule has 114 valence electrons. The first-order valence-corrected chi connectivity index (χ1v) is 8.39.